The summed E-state index contributed by atoms with van der Waals surface area (Å²) in [6.07, 6.45) is 2.83. The fourth-order valence-corrected chi connectivity index (χ4v) is 3.05. The van der Waals surface area contributed by atoms with Gasteiger partial charge in [0.2, 0.25) is 5.95 Å². The Hall–Kier alpha value is -1.14. The molecule has 2 heterocycles. The van der Waals surface area contributed by atoms with E-state index in [1.807, 2.05) is 11.3 Å². The summed E-state index contributed by atoms with van der Waals surface area (Å²) in [6.45, 7) is 8.07. The molecule has 0 aliphatic heterocycles. The van der Waals surface area contributed by atoms with Gasteiger partial charge in [-0.3, -0.25) is 0 Å². The van der Waals surface area contributed by atoms with Crippen molar-refractivity contribution in [2.45, 2.75) is 33.7 Å². The third-order valence-corrected chi connectivity index (χ3v) is 4.66. The molecule has 0 atom stereocenters. The smallest absolute Gasteiger partial charge is 0.224 e. The van der Waals surface area contributed by atoms with Gasteiger partial charge in [0.15, 0.2) is 0 Å². The van der Waals surface area contributed by atoms with E-state index >= 15 is 0 Å². The van der Waals surface area contributed by atoms with Crippen LogP contribution in [0.1, 0.15) is 28.7 Å². The van der Waals surface area contributed by atoms with Gasteiger partial charge in [-0.25, -0.2) is 4.98 Å². The highest BCUT2D eigenvalue weighted by molar-refractivity contribution is 9.10. The molecular weight excluding hydrogens is 336 g/mol. The SMILES string of the molecule is CCCNc1ncc(Br)c(NCc2cc(C)c(C)s2)n1. The first-order chi connectivity index (χ1) is 9.60. The normalized spacial score (nSPS) is 10.6. The summed E-state index contributed by atoms with van der Waals surface area (Å²) in [5, 5.41) is 6.55. The molecule has 20 heavy (non-hydrogen) atoms. The van der Waals surface area contributed by atoms with Gasteiger partial charge in [-0.2, -0.15) is 4.98 Å². The monoisotopic (exact) mass is 354 g/mol. The number of halogens is 1. The topological polar surface area (TPSA) is 49.8 Å². The summed E-state index contributed by atoms with van der Waals surface area (Å²) in [4.78, 5) is 11.4. The fraction of sp³-hybridized carbons (Fsp3) is 0.429. The van der Waals surface area contributed by atoms with E-state index in [0.717, 1.165) is 29.8 Å². The van der Waals surface area contributed by atoms with Gasteiger partial charge < -0.3 is 10.6 Å². The number of rotatable bonds is 6. The molecule has 2 N–H and O–H groups in total. The minimum absolute atomic E-state index is 0.663. The molecule has 2 rings (SSSR count). The minimum atomic E-state index is 0.663. The zero-order valence-electron chi connectivity index (χ0n) is 12.0. The summed E-state index contributed by atoms with van der Waals surface area (Å²) in [6, 6.07) is 2.22. The zero-order chi connectivity index (χ0) is 14.5. The number of aromatic nitrogens is 2. The standard InChI is InChI=1S/C14H19BrN4S/c1-4-5-16-14-18-8-12(15)13(19-14)17-7-11-6-9(2)10(3)20-11/h6,8H,4-5,7H2,1-3H3,(H2,16,17,18,19). The molecule has 0 amide bonds. The molecule has 0 radical (unpaired) electrons. The van der Waals surface area contributed by atoms with Crippen molar-refractivity contribution >= 4 is 39.0 Å². The highest BCUT2D eigenvalue weighted by Gasteiger charge is 2.06. The van der Waals surface area contributed by atoms with Crippen LogP contribution in [-0.2, 0) is 6.54 Å². The molecule has 2 aromatic heterocycles. The summed E-state index contributed by atoms with van der Waals surface area (Å²) in [7, 11) is 0. The fourth-order valence-electron chi connectivity index (χ4n) is 1.72. The largest absolute Gasteiger partial charge is 0.364 e. The Morgan fingerprint density at radius 3 is 2.75 bits per heavy atom. The number of nitrogens with one attached hydrogen (secondary N) is 2. The first-order valence-corrected chi connectivity index (χ1v) is 8.27. The van der Waals surface area contributed by atoms with Crippen LogP contribution in [0.2, 0.25) is 0 Å². The quantitative estimate of drug-likeness (QED) is 0.809. The van der Waals surface area contributed by atoms with Gasteiger partial charge >= 0.3 is 0 Å². The highest BCUT2D eigenvalue weighted by atomic mass is 79.9. The second-order valence-electron chi connectivity index (χ2n) is 4.62. The van der Waals surface area contributed by atoms with E-state index in [0.29, 0.717) is 5.95 Å². The van der Waals surface area contributed by atoms with Crippen molar-refractivity contribution in [2.75, 3.05) is 17.2 Å². The van der Waals surface area contributed by atoms with E-state index in [4.69, 9.17) is 0 Å². The molecule has 0 unspecified atom stereocenters. The van der Waals surface area contributed by atoms with Crippen molar-refractivity contribution in [2.24, 2.45) is 0 Å². The Bertz CT molecular complexity index is 563. The van der Waals surface area contributed by atoms with Crippen LogP contribution in [0.5, 0.6) is 0 Å². The van der Waals surface area contributed by atoms with Crippen molar-refractivity contribution in [1.82, 2.24) is 9.97 Å². The number of thiophene rings is 1. The van der Waals surface area contributed by atoms with Crippen LogP contribution >= 0.6 is 27.3 Å². The molecule has 0 aliphatic carbocycles. The van der Waals surface area contributed by atoms with Crippen molar-refractivity contribution < 1.29 is 0 Å². The molecule has 0 aromatic carbocycles. The molecule has 0 saturated carbocycles. The molecule has 0 aliphatic rings. The first kappa shape index (κ1) is 15.3. The van der Waals surface area contributed by atoms with Crippen LogP contribution in [0.15, 0.2) is 16.7 Å². The van der Waals surface area contributed by atoms with Gasteiger partial charge in [-0.05, 0) is 47.8 Å². The maximum atomic E-state index is 4.48. The Kier molecular flexibility index (Phi) is 5.37. The van der Waals surface area contributed by atoms with Crippen molar-refractivity contribution in [3.05, 3.63) is 32.1 Å². The highest BCUT2D eigenvalue weighted by Crippen LogP contribution is 2.24. The van der Waals surface area contributed by atoms with Gasteiger partial charge in [0, 0.05) is 22.5 Å². The molecule has 0 spiro atoms. The molecule has 4 nitrogen and oxygen atoms in total. The second kappa shape index (κ2) is 7.04. The number of hydrogen-bond acceptors (Lipinski definition) is 5. The minimum Gasteiger partial charge on any atom is -0.364 e. The Balaban J connectivity index is 2.04. The lowest BCUT2D eigenvalue weighted by Crippen LogP contribution is -2.07. The van der Waals surface area contributed by atoms with E-state index < -0.39 is 0 Å². The molecule has 2 aromatic rings. The van der Waals surface area contributed by atoms with Crippen LogP contribution in [0, 0.1) is 13.8 Å². The average molecular weight is 355 g/mol. The average Bonchev–Trinajstić information content (AvgIpc) is 2.75. The molecule has 108 valence electrons. The molecule has 0 bridgehead atoms. The van der Waals surface area contributed by atoms with Crippen LogP contribution in [-0.4, -0.2) is 16.5 Å². The Labute approximate surface area is 132 Å². The first-order valence-electron chi connectivity index (χ1n) is 6.66. The maximum Gasteiger partial charge on any atom is 0.224 e. The number of aryl methyl sites for hydroxylation is 2. The molecule has 0 fully saturated rings. The van der Waals surface area contributed by atoms with E-state index in [2.05, 4.69) is 63.4 Å². The number of anilines is 2. The third kappa shape index (κ3) is 3.93. The van der Waals surface area contributed by atoms with E-state index in [1.54, 1.807) is 6.20 Å². The van der Waals surface area contributed by atoms with E-state index in [-0.39, 0.29) is 0 Å². The Morgan fingerprint density at radius 2 is 2.10 bits per heavy atom. The van der Waals surface area contributed by atoms with Gasteiger partial charge in [0.25, 0.3) is 0 Å². The van der Waals surface area contributed by atoms with Gasteiger partial charge in [-0.15, -0.1) is 11.3 Å². The van der Waals surface area contributed by atoms with Crippen molar-refractivity contribution in [3.63, 3.8) is 0 Å². The summed E-state index contributed by atoms with van der Waals surface area (Å²) < 4.78 is 0.879. The summed E-state index contributed by atoms with van der Waals surface area (Å²) in [5.41, 5.74) is 1.35. The van der Waals surface area contributed by atoms with Crippen LogP contribution in [0.3, 0.4) is 0 Å². The van der Waals surface area contributed by atoms with Gasteiger partial charge in [-0.1, -0.05) is 6.92 Å². The molecule has 6 heteroatoms. The van der Waals surface area contributed by atoms with Crippen LogP contribution < -0.4 is 10.6 Å². The van der Waals surface area contributed by atoms with Crippen molar-refractivity contribution in [1.29, 1.82) is 0 Å². The van der Waals surface area contributed by atoms with Crippen LogP contribution in [0.25, 0.3) is 0 Å². The zero-order valence-corrected chi connectivity index (χ0v) is 14.4. The lowest BCUT2D eigenvalue weighted by atomic mass is 10.3. The lowest BCUT2D eigenvalue weighted by Gasteiger charge is -2.09. The lowest BCUT2D eigenvalue weighted by molar-refractivity contribution is 0.949. The number of hydrogen-bond donors (Lipinski definition) is 2. The van der Waals surface area contributed by atoms with E-state index in [1.165, 1.54) is 15.3 Å². The van der Waals surface area contributed by atoms with Gasteiger partial charge in [0.1, 0.15) is 5.82 Å². The summed E-state index contributed by atoms with van der Waals surface area (Å²) in [5.74, 6) is 1.48. The van der Waals surface area contributed by atoms with E-state index in [9.17, 15) is 0 Å². The molecular formula is C14H19BrN4S. The second-order valence-corrected chi connectivity index (χ2v) is 6.82. The van der Waals surface area contributed by atoms with Crippen LogP contribution in [0.4, 0.5) is 11.8 Å². The maximum absolute atomic E-state index is 4.48. The number of nitrogens with zero attached hydrogens (tertiary/aromatic N) is 2. The summed E-state index contributed by atoms with van der Waals surface area (Å²) >= 11 is 5.30. The predicted octanol–water partition coefficient (Wildman–Crippen LogP) is 4.35. The predicted molar refractivity (Wildman–Crippen MR) is 89.6 cm³/mol. The Morgan fingerprint density at radius 1 is 1.30 bits per heavy atom. The third-order valence-electron chi connectivity index (χ3n) is 2.92. The van der Waals surface area contributed by atoms with Gasteiger partial charge in [0.05, 0.1) is 11.0 Å². The van der Waals surface area contributed by atoms with Crippen molar-refractivity contribution in [3.8, 4) is 0 Å². The molecule has 0 saturated heterocycles.